The van der Waals surface area contributed by atoms with Gasteiger partial charge in [-0.1, -0.05) is 19.1 Å². The number of nitrogens with one attached hydrogen (secondary N) is 2. The molecule has 4 heteroatoms. The molecule has 0 bridgehead atoms. The highest BCUT2D eigenvalue weighted by Crippen LogP contribution is 2.22. The van der Waals surface area contributed by atoms with Gasteiger partial charge in [-0.2, -0.15) is 0 Å². The first kappa shape index (κ1) is 15.0. The van der Waals surface area contributed by atoms with Crippen molar-refractivity contribution in [1.82, 2.24) is 5.32 Å². The van der Waals surface area contributed by atoms with Crippen LogP contribution in [0.3, 0.4) is 0 Å². The topological polar surface area (TPSA) is 50.4 Å². The first-order valence-electron chi connectivity index (χ1n) is 7.43. The summed E-state index contributed by atoms with van der Waals surface area (Å²) in [5, 5.41) is 6.33. The van der Waals surface area contributed by atoms with Crippen molar-refractivity contribution >= 4 is 11.6 Å². The number of hydrogen-bond donors (Lipinski definition) is 2. The molecule has 0 saturated carbocycles. The van der Waals surface area contributed by atoms with Gasteiger partial charge in [0.25, 0.3) is 0 Å². The second kappa shape index (κ2) is 7.41. The zero-order valence-corrected chi connectivity index (χ0v) is 12.3. The van der Waals surface area contributed by atoms with Gasteiger partial charge in [-0.15, -0.1) is 0 Å². The number of amides is 1. The summed E-state index contributed by atoms with van der Waals surface area (Å²) in [6.45, 7) is 6.69. The molecule has 0 aromatic heterocycles. The van der Waals surface area contributed by atoms with Gasteiger partial charge < -0.3 is 15.4 Å². The molecule has 20 heavy (non-hydrogen) atoms. The Balaban J connectivity index is 1.85. The number of ether oxygens (including phenoxy) is 1. The predicted molar refractivity (Wildman–Crippen MR) is 80.6 cm³/mol. The van der Waals surface area contributed by atoms with Crippen LogP contribution in [0.15, 0.2) is 24.3 Å². The van der Waals surface area contributed by atoms with Gasteiger partial charge in [0, 0.05) is 18.8 Å². The molecule has 4 nitrogen and oxygen atoms in total. The molecule has 1 saturated heterocycles. The SMILES string of the molecule is CCCNCc1ccc(NC(=O)C2CCOC2C)cc1. The summed E-state index contributed by atoms with van der Waals surface area (Å²) in [7, 11) is 0. The molecule has 2 rings (SSSR count). The van der Waals surface area contributed by atoms with E-state index in [0.717, 1.165) is 31.6 Å². The fraction of sp³-hybridized carbons (Fsp3) is 0.562. The van der Waals surface area contributed by atoms with Crippen LogP contribution in [-0.4, -0.2) is 25.2 Å². The number of carbonyl (C=O) groups is 1. The molecule has 1 aromatic carbocycles. The smallest absolute Gasteiger partial charge is 0.230 e. The van der Waals surface area contributed by atoms with E-state index in [1.54, 1.807) is 0 Å². The van der Waals surface area contributed by atoms with E-state index in [0.29, 0.717) is 6.61 Å². The zero-order chi connectivity index (χ0) is 14.4. The minimum atomic E-state index is -0.0269. The van der Waals surface area contributed by atoms with Crippen LogP contribution in [-0.2, 0) is 16.1 Å². The van der Waals surface area contributed by atoms with Crippen LogP contribution in [0, 0.1) is 5.92 Å². The third-order valence-electron chi connectivity index (χ3n) is 3.69. The second-order valence-corrected chi connectivity index (χ2v) is 5.33. The van der Waals surface area contributed by atoms with Crippen molar-refractivity contribution in [1.29, 1.82) is 0 Å². The number of hydrogen-bond acceptors (Lipinski definition) is 3. The summed E-state index contributed by atoms with van der Waals surface area (Å²) in [6.07, 6.45) is 1.97. The van der Waals surface area contributed by atoms with E-state index in [-0.39, 0.29) is 17.9 Å². The number of carbonyl (C=O) groups excluding carboxylic acids is 1. The van der Waals surface area contributed by atoms with E-state index in [9.17, 15) is 4.79 Å². The van der Waals surface area contributed by atoms with Gasteiger partial charge in [-0.05, 0) is 44.0 Å². The van der Waals surface area contributed by atoms with Crippen molar-refractivity contribution in [2.45, 2.75) is 39.3 Å². The molecule has 1 fully saturated rings. The van der Waals surface area contributed by atoms with Gasteiger partial charge >= 0.3 is 0 Å². The van der Waals surface area contributed by atoms with E-state index in [4.69, 9.17) is 4.74 Å². The van der Waals surface area contributed by atoms with Gasteiger partial charge in [0.1, 0.15) is 0 Å². The predicted octanol–water partition coefficient (Wildman–Crippen LogP) is 2.55. The summed E-state index contributed by atoms with van der Waals surface area (Å²) in [6, 6.07) is 8.02. The molecule has 0 aliphatic carbocycles. The molecule has 1 aromatic rings. The lowest BCUT2D eigenvalue weighted by Gasteiger charge is -2.14. The Morgan fingerprint density at radius 1 is 1.35 bits per heavy atom. The van der Waals surface area contributed by atoms with Crippen molar-refractivity contribution < 1.29 is 9.53 Å². The van der Waals surface area contributed by atoms with Crippen LogP contribution >= 0.6 is 0 Å². The lowest BCUT2D eigenvalue weighted by atomic mass is 10.0. The van der Waals surface area contributed by atoms with Crippen LogP contribution in [0.1, 0.15) is 32.3 Å². The van der Waals surface area contributed by atoms with Gasteiger partial charge in [-0.3, -0.25) is 4.79 Å². The number of anilines is 1. The maximum atomic E-state index is 12.1. The molecule has 110 valence electrons. The minimum Gasteiger partial charge on any atom is -0.378 e. The average molecular weight is 276 g/mol. The van der Waals surface area contributed by atoms with Crippen molar-refractivity contribution in [3.05, 3.63) is 29.8 Å². The third-order valence-corrected chi connectivity index (χ3v) is 3.69. The summed E-state index contributed by atoms with van der Waals surface area (Å²) in [5.41, 5.74) is 2.09. The van der Waals surface area contributed by atoms with Gasteiger partial charge in [0.2, 0.25) is 5.91 Å². The summed E-state index contributed by atoms with van der Waals surface area (Å²) < 4.78 is 5.43. The Morgan fingerprint density at radius 2 is 2.10 bits per heavy atom. The Labute approximate surface area is 120 Å². The molecular formula is C16H24N2O2. The van der Waals surface area contributed by atoms with Crippen LogP contribution < -0.4 is 10.6 Å². The van der Waals surface area contributed by atoms with E-state index < -0.39 is 0 Å². The Kier molecular flexibility index (Phi) is 5.56. The normalized spacial score (nSPS) is 21.9. The maximum Gasteiger partial charge on any atom is 0.230 e. The minimum absolute atomic E-state index is 0.0208. The fourth-order valence-electron chi connectivity index (χ4n) is 2.43. The molecule has 1 heterocycles. The third kappa shape index (κ3) is 4.05. The van der Waals surface area contributed by atoms with E-state index >= 15 is 0 Å². The second-order valence-electron chi connectivity index (χ2n) is 5.33. The molecule has 2 unspecified atom stereocenters. The van der Waals surface area contributed by atoms with Crippen molar-refractivity contribution in [2.75, 3.05) is 18.5 Å². The highest BCUT2D eigenvalue weighted by molar-refractivity contribution is 5.93. The molecule has 0 spiro atoms. The van der Waals surface area contributed by atoms with Gasteiger partial charge in [0.15, 0.2) is 0 Å². The average Bonchev–Trinajstić information content (AvgIpc) is 2.87. The van der Waals surface area contributed by atoms with Gasteiger partial charge in [0.05, 0.1) is 12.0 Å². The Morgan fingerprint density at radius 3 is 2.70 bits per heavy atom. The highest BCUT2D eigenvalue weighted by atomic mass is 16.5. The van der Waals surface area contributed by atoms with Crippen molar-refractivity contribution in [3.8, 4) is 0 Å². The van der Waals surface area contributed by atoms with Crippen LogP contribution in [0.5, 0.6) is 0 Å². The van der Waals surface area contributed by atoms with Crippen molar-refractivity contribution in [3.63, 3.8) is 0 Å². The molecule has 1 amide bonds. The monoisotopic (exact) mass is 276 g/mol. The highest BCUT2D eigenvalue weighted by Gasteiger charge is 2.30. The van der Waals surface area contributed by atoms with Crippen LogP contribution in [0.2, 0.25) is 0 Å². The van der Waals surface area contributed by atoms with E-state index in [1.165, 1.54) is 5.56 Å². The molecular weight excluding hydrogens is 252 g/mol. The largest absolute Gasteiger partial charge is 0.378 e. The zero-order valence-electron chi connectivity index (χ0n) is 12.3. The maximum absolute atomic E-state index is 12.1. The van der Waals surface area contributed by atoms with Crippen LogP contribution in [0.4, 0.5) is 5.69 Å². The number of benzene rings is 1. The molecule has 0 radical (unpaired) electrons. The first-order chi connectivity index (χ1) is 9.70. The number of rotatable bonds is 6. The first-order valence-corrected chi connectivity index (χ1v) is 7.43. The fourth-order valence-corrected chi connectivity index (χ4v) is 2.43. The quantitative estimate of drug-likeness (QED) is 0.785. The van der Waals surface area contributed by atoms with E-state index in [2.05, 4.69) is 17.6 Å². The standard InChI is InChI=1S/C16H24N2O2/c1-3-9-17-11-13-4-6-14(7-5-13)18-16(19)15-8-10-20-12(15)2/h4-7,12,15,17H,3,8-11H2,1-2H3,(H,18,19). The Hall–Kier alpha value is -1.39. The van der Waals surface area contributed by atoms with Crippen molar-refractivity contribution in [2.24, 2.45) is 5.92 Å². The summed E-state index contributed by atoms with van der Waals surface area (Å²) in [5.74, 6) is 0.0350. The summed E-state index contributed by atoms with van der Waals surface area (Å²) in [4.78, 5) is 12.1. The van der Waals surface area contributed by atoms with E-state index in [1.807, 2.05) is 31.2 Å². The lowest BCUT2D eigenvalue weighted by molar-refractivity contribution is -0.121. The lowest BCUT2D eigenvalue weighted by Crippen LogP contribution is -2.27. The molecule has 2 N–H and O–H groups in total. The molecule has 2 atom stereocenters. The molecule has 1 aliphatic heterocycles. The summed E-state index contributed by atoms with van der Waals surface area (Å²) >= 11 is 0. The van der Waals surface area contributed by atoms with Gasteiger partial charge in [-0.25, -0.2) is 0 Å². The van der Waals surface area contributed by atoms with Crippen LogP contribution in [0.25, 0.3) is 0 Å². The Bertz CT molecular complexity index is 431. The molecule has 1 aliphatic rings.